The lowest BCUT2D eigenvalue weighted by molar-refractivity contribution is 0.0780. The Balaban J connectivity index is 1.61. The van der Waals surface area contributed by atoms with Crippen molar-refractivity contribution in [2.24, 2.45) is 0 Å². The van der Waals surface area contributed by atoms with Crippen LogP contribution in [0.5, 0.6) is 5.75 Å². The molecular formula is C26H25NO2. The van der Waals surface area contributed by atoms with Gasteiger partial charge in [-0.2, -0.15) is 0 Å². The molecule has 0 fully saturated rings. The van der Waals surface area contributed by atoms with E-state index in [-0.39, 0.29) is 6.04 Å². The highest BCUT2D eigenvalue weighted by Gasteiger charge is 2.27. The minimum atomic E-state index is -0.630. The summed E-state index contributed by atoms with van der Waals surface area (Å²) in [6.07, 6.45) is 5.75. The third kappa shape index (κ3) is 4.25. The Hall–Kier alpha value is -3.30. The maximum Gasteiger partial charge on any atom is 0.119 e. The summed E-state index contributed by atoms with van der Waals surface area (Å²) in [5.74, 6) is 0.848. The zero-order valence-electron chi connectivity index (χ0n) is 16.5. The molecule has 0 amide bonds. The van der Waals surface area contributed by atoms with Crippen molar-refractivity contribution in [2.75, 3.05) is 13.7 Å². The van der Waals surface area contributed by atoms with Gasteiger partial charge in [0.05, 0.1) is 13.2 Å². The van der Waals surface area contributed by atoms with Gasteiger partial charge in [0.2, 0.25) is 0 Å². The molecule has 0 saturated carbocycles. The number of allylic oxidation sites excluding steroid dienone is 2. The van der Waals surface area contributed by atoms with E-state index in [0.29, 0.717) is 6.54 Å². The zero-order valence-corrected chi connectivity index (χ0v) is 16.5. The lowest BCUT2D eigenvalue weighted by Crippen LogP contribution is -2.30. The largest absolute Gasteiger partial charge is 0.497 e. The van der Waals surface area contributed by atoms with Gasteiger partial charge in [-0.05, 0) is 40.5 Å². The van der Waals surface area contributed by atoms with E-state index in [0.717, 1.165) is 28.0 Å². The van der Waals surface area contributed by atoms with Crippen molar-refractivity contribution < 1.29 is 9.84 Å². The van der Waals surface area contributed by atoms with Gasteiger partial charge in [-0.15, -0.1) is 0 Å². The number of rotatable bonds is 6. The SMILES string of the molecule is COc1cccc(C2=CCN([C@@H](c3ccccc3)[C@@H](O)c3ccccc3)C=C2)c1. The predicted octanol–water partition coefficient (Wildman–Crippen LogP) is 5.38. The summed E-state index contributed by atoms with van der Waals surface area (Å²) >= 11 is 0. The minimum absolute atomic E-state index is 0.169. The van der Waals surface area contributed by atoms with Crippen LogP contribution in [0.1, 0.15) is 28.8 Å². The van der Waals surface area contributed by atoms with E-state index in [1.807, 2.05) is 66.7 Å². The molecule has 29 heavy (non-hydrogen) atoms. The number of ether oxygens (including phenoxy) is 1. The fraction of sp³-hybridized carbons (Fsp3) is 0.154. The summed E-state index contributed by atoms with van der Waals surface area (Å²) < 4.78 is 5.35. The Morgan fingerprint density at radius 3 is 2.17 bits per heavy atom. The predicted molar refractivity (Wildman–Crippen MR) is 117 cm³/mol. The molecule has 0 aliphatic carbocycles. The number of hydrogen-bond acceptors (Lipinski definition) is 3. The lowest BCUT2D eigenvalue weighted by atomic mass is 9.93. The van der Waals surface area contributed by atoms with Crippen molar-refractivity contribution in [3.8, 4) is 5.75 Å². The molecule has 1 heterocycles. The van der Waals surface area contributed by atoms with Gasteiger partial charge in [-0.25, -0.2) is 0 Å². The summed E-state index contributed by atoms with van der Waals surface area (Å²) in [6, 6.07) is 28.0. The number of benzene rings is 3. The molecule has 3 heteroatoms. The summed E-state index contributed by atoms with van der Waals surface area (Å²) in [4.78, 5) is 2.19. The highest BCUT2D eigenvalue weighted by Crippen LogP contribution is 2.36. The first-order valence-corrected chi connectivity index (χ1v) is 9.83. The zero-order chi connectivity index (χ0) is 20.1. The summed E-state index contributed by atoms with van der Waals surface area (Å²) in [6.45, 7) is 0.715. The molecule has 0 saturated heterocycles. The molecule has 2 atom stereocenters. The molecule has 0 bridgehead atoms. The first-order valence-electron chi connectivity index (χ1n) is 9.83. The van der Waals surface area contributed by atoms with Crippen LogP contribution in [-0.4, -0.2) is 23.7 Å². The molecule has 3 aromatic rings. The lowest BCUT2D eigenvalue weighted by Gasteiger charge is -2.35. The Bertz CT molecular complexity index is 995. The van der Waals surface area contributed by atoms with Crippen LogP contribution < -0.4 is 4.74 Å². The minimum Gasteiger partial charge on any atom is -0.497 e. The molecule has 3 aromatic carbocycles. The average Bonchev–Trinajstić information content (AvgIpc) is 2.81. The molecule has 1 aliphatic rings. The fourth-order valence-electron chi connectivity index (χ4n) is 3.77. The monoisotopic (exact) mass is 383 g/mol. The second-order valence-electron chi connectivity index (χ2n) is 7.11. The summed E-state index contributed by atoms with van der Waals surface area (Å²) in [5.41, 5.74) is 4.28. The molecule has 1 aliphatic heterocycles. The van der Waals surface area contributed by atoms with Gasteiger partial charge in [0.1, 0.15) is 11.9 Å². The molecule has 146 valence electrons. The van der Waals surface area contributed by atoms with Crippen molar-refractivity contribution in [3.63, 3.8) is 0 Å². The van der Waals surface area contributed by atoms with Crippen molar-refractivity contribution in [2.45, 2.75) is 12.1 Å². The van der Waals surface area contributed by atoms with E-state index in [2.05, 4.69) is 41.5 Å². The third-order valence-electron chi connectivity index (χ3n) is 5.31. The molecule has 0 radical (unpaired) electrons. The Labute approximate surface area is 172 Å². The first kappa shape index (κ1) is 19.0. The number of aliphatic hydroxyl groups excluding tert-OH is 1. The standard InChI is InChI=1S/C26H25NO2/c1-29-24-14-8-13-23(19-24)20-15-17-27(18-16-20)25(21-9-4-2-5-10-21)26(28)22-11-6-3-7-12-22/h2-17,19,25-26,28H,18H2,1H3/t25-,26-/m0/s1. The second-order valence-corrected chi connectivity index (χ2v) is 7.11. The van der Waals surface area contributed by atoms with Crippen molar-refractivity contribution >= 4 is 5.57 Å². The van der Waals surface area contributed by atoms with E-state index in [9.17, 15) is 5.11 Å². The van der Waals surface area contributed by atoms with Crippen LogP contribution in [-0.2, 0) is 0 Å². The van der Waals surface area contributed by atoms with Gasteiger partial charge < -0.3 is 14.7 Å². The first-order chi connectivity index (χ1) is 14.3. The van der Waals surface area contributed by atoms with Gasteiger partial charge in [0, 0.05) is 12.7 Å². The Morgan fingerprint density at radius 2 is 1.55 bits per heavy atom. The molecule has 3 nitrogen and oxygen atoms in total. The van der Waals surface area contributed by atoms with Crippen molar-refractivity contribution in [1.29, 1.82) is 0 Å². The third-order valence-corrected chi connectivity index (χ3v) is 5.31. The van der Waals surface area contributed by atoms with Gasteiger partial charge in [-0.1, -0.05) is 78.9 Å². The van der Waals surface area contributed by atoms with Crippen molar-refractivity contribution in [3.05, 3.63) is 120 Å². The molecule has 4 rings (SSSR count). The Morgan fingerprint density at radius 1 is 0.862 bits per heavy atom. The maximum absolute atomic E-state index is 11.2. The fourth-order valence-corrected chi connectivity index (χ4v) is 3.77. The quantitative estimate of drug-likeness (QED) is 0.620. The number of hydrogen-bond donors (Lipinski definition) is 1. The number of aliphatic hydroxyl groups is 1. The van der Waals surface area contributed by atoms with Crippen LogP contribution in [0.2, 0.25) is 0 Å². The molecule has 0 unspecified atom stereocenters. The van der Waals surface area contributed by atoms with E-state index >= 15 is 0 Å². The average molecular weight is 383 g/mol. The number of nitrogens with zero attached hydrogens (tertiary/aromatic N) is 1. The van der Waals surface area contributed by atoms with Gasteiger partial charge in [-0.3, -0.25) is 0 Å². The summed E-state index contributed by atoms with van der Waals surface area (Å²) in [7, 11) is 1.68. The van der Waals surface area contributed by atoms with E-state index in [1.54, 1.807) is 7.11 Å². The van der Waals surface area contributed by atoms with E-state index < -0.39 is 6.10 Å². The molecule has 1 N–H and O–H groups in total. The Kier molecular flexibility index (Phi) is 5.78. The van der Waals surface area contributed by atoms with Gasteiger partial charge in [0.15, 0.2) is 0 Å². The molecule has 0 aromatic heterocycles. The second kappa shape index (κ2) is 8.80. The maximum atomic E-state index is 11.2. The van der Waals surface area contributed by atoms with Crippen LogP contribution in [0.25, 0.3) is 5.57 Å². The van der Waals surface area contributed by atoms with Gasteiger partial charge in [0.25, 0.3) is 0 Å². The van der Waals surface area contributed by atoms with E-state index in [1.165, 1.54) is 0 Å². The van der Waals surface area contributed by atoms with Crippen LogP contribution >= 0.6 is 0 Å². The highest BCUT2D eigenvalue weighted by molar-refractivity contribution is 5.75. The number of methoxy groups -OCH3 is 1. The van der Waals surface area contributed by atoms with Crippen LogP contribution in [0.3, 0.4) is 0 Å². The van der Waals surface area contributed by atoms with Crippen LogP contribution in [0.4, 0.5) is 0 Å². The summed E-state index contributed by atoms with van der Waals surface area (Å²) in [5, 5.41) is 11.2. The topological polar surface area (TPSA) is 32.7 Å². The normalized spacial score (nSPS) is 15.5. The smallest absolute Gasteiger partial charge is 0.119 e. The van der Waals surface area contributed by atoms with Crippen molar-refractivity contribution in [1.82, 2.24) is 4.90 Å². The van der Waals surface area contributed by atoms with Crippen LogP contribution in [0, 0.1) is 0 Å². The highest BCUT2D eigenvalue weighted by atomic mass is 16.5. The molecular weight excluding hydrogens is 358 g/mol. The van der Waals surface area contributed by atoms with Crippen LogP contribution in [0.15, 0.2) is 103 Å². The van der Waals surface area contributed by atoms with E-state index in [4.69, 9.17) is 4.74 Å². The van der Waals surface area contributed by atoms with Gasteiger partial charge >= 0.3 is 0 Å². The molecule has 0 spiro atoms.